The summed E-state index contributed by atoms with van der Waals surface area (Å²) in [5, 5.41) is 34.1. The third kappa shape index (κ3) is 19.3. The van der Waals surface area contributed by atoms with Crippen molar-refractivity contribution in [1.29, 1.82) is 0 Å². The van der Waals surface area contributed by atoms with Crippen molar-refractivity contribution >= 4 is 164 Å². The Morgan fingerprint density at radius 2 is 0.560 bits per heavy atom. The highest BCUT2D eigenvalue weighted by atomic mass is 127. The number of hydrogen-bond acceptors (Lipinski definition) is 4. The Labute approximate surface area is 929 Å². The number of ketones is 1. The molecule has 150 heavy (non-hydrogen) atoms. The van der Waals surface area contributed by atoms with Gasteiger partial charge in [-0.1, -0.05) is 498 Å². The number of benzene rings is 22. The number of carbonyl (C=O) groups excluding carboxylic acids is 1. The summed E-state index contributed by atoms with van der Waals surface area (Å²) in [4.78, 5) is 12.0. The van der Waals surface area contributed by atoms with E-state index in [0.717, 1.165) is 78.9 Å². The van der Waals surface area contributed by atoms with E-state index < -0.39 is 12.7 Å². The fourth-order valence-electron chi connectivity index (χ4n) is 22.2. The minimum absolute atomic E-state index is 0.127. The van der Waals surface area contributed by atoms with Crippen LogP contribution >= 0.6 is 102 Å². The Kier molecular flexibility index (Phi) is 29.4. The van der Waals surface area contributed by atoms with E-state index in [9.17, 15) is 9.90 Å². The number of hydrogen-bond donors (Lipinski definition) is 3. The third-order valence-electron chi connectivity index (χ3n) is 28.7. The molecule has 1 unspecified atom stereocenters. The lowest BCUT2D eigenvalue weighted by atomic mass is 9.67. The highest BCUT2D eigenvalue weighted by Gasteiger charge is 2.49. The van der Waals surface area contributed by atoms with Crippen LogP contribution in [0.15, 0.2) is 568 Å². The van der Waals surface area contributed by atoms with Gasteiger partial charge in [-0.25, -0.2) is 0 Å². The fourth-order valence-corrected chi connectivity index (χ4v) is 24.3. The van der Waals surface area contributed by atoms with E-state index in [-0.39, 0.29) is 16.6 Å². The van der Waals surface area contributed by atoms with E-state index >= 15 is 0 Å². The van der Waals surface area contributed by atoms with Crippen molar-refractivity contribution in [2.75, 3.05) is 0 Å². The first-order valence-corrected chi connectivity index (χ1v) is 54.8. The standard InChI is InChI=1S/C32H24.C25H17Br.C24H16BrN.C19H13BrO.C18H12IN.C13H7BrO.C6H6BBrO2/c1-4-12-24(13-5-1)22-25-20-21-29-28-18-10-11-19-30(28)32(31(29)23-25,26-14-6-2-7-15-26)27-16-8-3-9-17-27;26-20-15-16-22-21-13-7-8-14-23(21)25(24(22)17-20,18-9-3-1-4-10-18)19-11-5-2-6-12-19;25-19-13-10-17(11-14-19)18-12-15-24-22(16-18)21-8-4-5-9-23(21)26(24)20-6-2-1-3-7-20;20-14-10-11-16-15-8-4-5-9-17(15)19(21,18(16)12-14)13-6-2-1-3-7-13;19-13-10-11-18-16(12-13)15-8-4-5-9-17(15)20(18)14-6-2-1-3-7-14;14-8-5-6-10-9-3-1-2-4-11(9)13(15)12(10)7-8;8-6-3-1-5(2-4-6)7(9)10/h1-21,23H,22H2;1-17H;1-16H;1-12,21H;1-12H;1-7H;1-4,9-10H. The van der Waals surface area contributed by atoms with Crippen LogP contribution in [0.4, 0.5) is 0 Å². The van der Waals surface area contributed by atoms with Crippen LogP contribution in [0.2, 0.25) is 0 Å². The highest BCUT2D eigenvalue weighted by Crippen LogP contribution is 2.59. The predicted molar refractivity (Wildman–Crippen MR) is 647 cm³/mol. The molecule has 3 N–H and O–H groups in total. The number of aliphatic hydroxyl groups is 1. The van der Waals surface area contributed by atoms with Crippen LogP contribution < -0.4 is 5.46 Å². The van der Waals surface area contributed by atoms with Gasteiger partial charge in [-0.05, 0) is 279 Å². The molecule has 2 aromatic heterocycles. The number of carbonyl (C=O) groups is 1. The number of fused-ring (bicyclic) bond motifs is 18. The molecule has 0 aliphatic heterocycles. The Hall–Kier alpha value is -14.8. The second kappa shape index (κ2) is 44.2. The van der Waals surface area contributed by atoms with Gasteiger partial charge in [0.25, 0.3) is 0 Å². The molecular formula is C137H95BBr5IN2O4. The average Bonchev–Trinajstić information content (AvgIpc) is 1.50. The summed E-state index contributed by atoms with van der Waals surface area (Å²) >= 11 is 19.7. The Morgan fingerprint density at radius 1 is 0.233 bits per heavy atom. The van der Waals surface area contributed by atoms with E-state index in [2.05, 4.69) is 530 Å². The quantitative estimate of drug-likeness (QED) is 0.0889. The number of para-hydroxylation sites is 4. The number of halogens is 6. The lowest BCUT2D eigenvalue weighted by Crippen LogP contribution is -2.29. The molecule has 2 heterocycles. The lowest BCUT2D eigenvalue weighted by molar-refractivity contribution is 0.104. The molecule has 28 rings (SSSR count). The Balaban J connectivity index is 0.000000101. The van der Waals surface area contributed by atoms with Gasteiger partial charge in [-0.3, -0.25) is 4.79 Å². The summed E-state index contributed by atoms with van der Waals surface area (Å²) in [7, 11) is -1.37. The van der Waals surface area contributed by atoms with Crippen molar-refractivity contribution in [1.82, 2.24) is 9.13 Å². The molecule has 13 heteroatoms. The average molecular weight is 2370 g/mol. The van der Waals surface area contributed by atoms with Crippen molar-refractivity contribution in [3.63, 3.8) is 0 Å². The first-order chi connectivity index (χ1) is 73.5. The Morgan fingerprint density at radius 3 is 1.05 bits per heavy atom. The van der Waals surface area contributed by atoms with E-state index in [1.165, 1.54) is 148 Å². The maximum absolute atomic E-state index is 12.0. The van der Waals surface area contributed by atoms with Crippen LogP contribution in [-0.4, -0.2) is 37.2 Å². The number of nitrogens with zero attached hydrogens (tertiary/aromatic N) is 2. The van der Waals surface area contributed by atoms with Crippen LogP contribution in [0.25, 0.3) is 111 Å². The van der Waals surface area contributed by atoms with Gasteiger partial charge in [0.1, 0.15) is 5.60 Å². The molecule has 0 amide bonds. The summed E-state index contributed by atoms with van der Waals surface area (Å²) < 4.78 is 11.0. The number of aromatic nitrogens is 2. The second-order valence-electron chi connectivity index (χ2n) is 37.4. The summed E-state index contributed by atoms with van der Waals surface area (Å²) in [6.45, 7) is 0. The maximum Gasteiger partial charge on any atom is 0.488 e. The molecule has 0 radical (unpaired) electrons. The van der Waals surface area contributed by atoms with Crippen molar-refractivity contribution in [3.05, 3.63) is 655 Å². The van der Waals surface area contributed by atoms with Crippen LogP contribution in [0.1, 0.15) is 88.2 Å². The summed E-state index contributed by atoms with van der Waals surface area (Å²) in [5.41, 5.74) is 36.0. The van der Waals surface area contributed by atoms with Gasteiger partial charge in [-0.2, -0.15) is 0 Å². The van der Waals surface area contributed by atoms with Crippen molar-refractivity contribution in [2.45, 2.75) is 22.9 Å². The zero-order chi connectivity index (χ0) is 102. The van der Waals surface area contributed by atoms with Gasteiger partial charge in [0.05, 0.1) is 32.9 Å². The maximum atomic E-state index is 12.0. The first kappa shape index (κ1) is 99.8. The Bertz CT molecular complexity index is 8960. The van der Waals surface area contributed by atoms with E-state index in [1.807, 2.05) is 103 Å². The minimum atomic E-state index is -1.37. The zero-order valence-electron chi connectivity index (χ0n) is 81.2. The van der Waals surface area contributed by atoms with Gasteiger partial charge in [-0.15, -0.1) is 0 Å². The van der Waals surface area contributed by atoms with Gasteiger partial charge in [0.2, 0.25) is 0 Å². The molecule has 4 aliphatic rings. The van der Waals surface area contributed by atoms with Crippen LogP contribution in [0.5, 0.6) is 0 Å². The fraction of sp³-hybridized carbons (Fsp3) is 0.0292. The molecule has 0 saturated heterocycles. The summed E-state index contributed by atoms with van der Waals surface area (Å²) in [6, 6.07) is 191. The van der Waals surface area contributed by atoms with Crippen molar-refractivity contribution < 1.29 is 19.9 Å². The van der Waals surface area contributed by atoms with Gasteiger partial charge >= 0.3 is 7.12 Å². The van der Waals surface area contributed by atoms with E-state index in [0.29, 0.717) is 5.46 Å². The molecule has 722 valence electrons. The molecule has 4 aliphatic carbocycles. The summed E-state index contributed by atoms with van der Waals surface area (Å²) in [6.07, 6.45) is 0.935. The lowest BCUT2D eigenvalue weighted by Gasteiger charge is -2.34. The monoisotopic (exact) mass is 2360 g/mol. The predicted octanol–water partition coefficient (Wildman–Crippen LogP) is 35.6. The number of rotatable bonds is 11. The van der Waals surface area contributed by atoms with E-state index in [4.69, 9.17) is 10.0 Å². The topological polar surface area (TPSA) is 87.6 Å². The largest absolute Gasteiger partial charge is 0.488 e. The molecule has 0 bridgehead atoms. The van der Waals surface area contributed by atoms with Crippen LogP contribution in [0.3, 0.4) is 0 Å². The molecule has 24 aromatic rings. The van der Waals surface area contributed by atoms with E-state index in [1.54, 1.807) is 24.3 Å². The molecule has 1 atom stereocenters. The van der Waals surface area contributed by atoms with Crippen molar-refractivity contribution in [2.24, 2.45) is 0 Å². The summed E-state index contributed by atoms with van der Waals surface area (Å²) in [5.74, 6) is 0.127. The van der Waals surface area contributed by atoms with Crippen LogP contribution in [0, 0.1) is 3.57 Å². The minimum Gasteiger partial charge on any atom is -0.423 e. The molecule has 0 fully saturated rings. The first-order valence-electron chi connectivity index (χ1n) is 49.7. The molecule has 22 aromatic carbocycles. The van der Waals surface area contributed by atoms with Gasteiger partial charge in [0, 0.05) is 81.1 Å². The van der Waals surface area contributed by atoms with Crippen molar-refractivity contribution in [3.8, 4) is 67.0 Å². The van der Waals surface area contributed by atoms with Gasteiger partial charge in [0.15, 0.2) is 5.78 Å². The zero-order valence-corrected chi connectivity index (χ0v) is 91.2. The molecule has 0 spiro atoms. The van der Waals surface area contributed by atoms with Gasteiger partial charge < -0.3 is 24.3 Å². The molecular weight excluding hydrogens is 2270 g/mol. The third-order valence-corrected chi connectivity index (χ3v) is 31.9. The smallest absolute Gasteiger partial charge is 0.423 e. The SMILES string of the molecule is Brc1ccc(-c2ccc3c(c2)c2ccccc2n3-c2ccccc2)cc1.Brc1ccc2c(c1)C(c1ccccc1)(c1ccccc1)c1ccccc1-2.Ic1ccc2c(c1)c1ccccc1n2-c1ccccc1.O=C1c2ccccc2-c2ccc(Br)cc21.OB(O)c1ccc(Br)cc1.OC1(c2ccccc2)c2ccccc2-c2ccc(Br)cc21.c1ccc(Cc2ccc3c(c2)C(c2ccccc2)(c2ccccc2)c2ccccc2-3)cc1. The molecule has 6 nitrogen and oxygen atoms in total. The second-order valence-corrected chi connectivity index (χ2v) is 43.2. The van der Waals surface area contributed by atoms with Crippen LogP contribution in [-0.2, 0) is 22.9 Å². The highest BCUT2D eigenvalue weighted by molar-refractivity contribution is 14.1. The normalized spacial score (nSPS) is 13.3. The molecule has 0 saturated carbocycles.